The smallest absolute Gasteiger partial charge is 0.223 e. The molecule has 2 rings (SSSR count). The highest BCUT2D eigenvalue weighted by atomic mass is 32.2. The van der Waals surface area contributed by atoms with E-state index in [1.54, 1.807) is 0 Å². The van der Waals surface area contributed by atoms with Crippen LogP contribution in [0.1, 0.15) is 31.4 Å². The van der Waals surface area contributed by atoms with Crippen LogP contribution in [0, 0.1) is 5.92 Å². The van der Waals surface area contributed by atoms with Gasteiger partial charge in [-0.25, -0.2) is 8.42 Å². The van der Waals surface area contributed by atoms with Crippen LogP contribution in [0.2, 0.25) is 0 Å². The Bertz CT molecular complexity index is 582. The van der Waals surface area contributed by atoms with E-state index < -0.39 is 10.0 Å². The lowest BCUT2D eigenvalue weighted by Gasteiger charge is -2.27. The van der Waals surface area contributed by atoms with Crippen LogP contribution in [0.3, 0.4) is 0 Å². The van der Waals surface area contributed by atoms with Crippen molar-refractivity contribution in [2.24, 2.45) is 5.92 Å². The summed E-state index contributed by atoms with van der Waals surface area (Å²) in [5.74, 6) is 0.180. The standard InChI is InChI=1S/C15H22N2O3S/c1-12(13-6-4-3-5-7-13)17(21(2,19)20)11-10-16-15(18)14-8-9-14/h3-7,12,14H,8-11H2,1-2H3,(H,16,18). The molecule has 0 spiro atoms. The average Bonchev–Trinajstić information content (AvgIpc) is 3.27. The molecule has 1 atom stereocenters. The molecule has 1 N–H and O–H groups in total. The topological polar surface area (TPSA) is 66.5 Å². The summed E-state index contributed by atoms with van der Waals surface area (Å²) in [5.41, 5.74) is 0.941. The molecule has 116 valence electrons. The second kappa shape index (κ2) is 6.58. The van der Waals surface area contributed by atoms with Crippen molar-refractivity contribution in [3.05, 3.63) is 35.9 Å². The van der Waals surface area contributed by atoms with Crippen LogP contribution in [0.15, 0.2) is 30.3 Å². The van der Waals surface area contributed by atoms with Crippen molar-refractivity contribution in [3.8, 4) is 0 Å². The normalized spacial score (nSPS) is 16.7. The number of benzene rings is 1. The van der Waals surface area contributed by atoms with Crippen molar-refractivity contribution in [1.29, 1.82) is 0 Å². The van der Waals surface area contributed by atoms with Gasteiger partial charge in [-0.15, -0.1) is 0 Å². The number of amides is 1. The first-order chi connectivity index (χ1) is 9.89. The lowest BCUT2D eigenvalue weighted by atomic mass is 10.1. The summed E-state index contributed by atoms with van der Waals surface area (Å²) in [4.78, 5) is 11.6. The van der Waals surface area contributed by atoms with Gasteiger partial charge in [0.05, 0.1) is 6.26 Å². The van der Waals surface area contributed by atoms with Crippen molar-refractivity contribution < 1.29 is 13.2 Å². The molecule has 5 nitrogen and oxygen atoms in total. The minimum absolute atomic E-state index is 0.0378. The monoisotopic (exact) mass is 310 g/mol. The Hall–Kier alpha value is -1.40. The number of sulfonamides is 1. The molecule has 6 heteroatoms. The summed E-state index contributed by atoms with van der Waals surface area (Å²) in [6.07, 6.45) is 3.10. The highest BCUT2D eigenvalue weighted by Crippen LogP contribution is 2.28. The van der Waals surface area contributed by atoms with Crippen molar-refractivity contribution in [3.63, 3.8) is 0 Å². The van der Waals surface area contributed by atoms with E-state index in [2.05, 4.69) is 5.32 Å². The van der Waals surface area contributed by atoms with Crippen LogP contribution in [0.25, 0.3) is 0 Å². The Morgan fingerprint density at radius 2 is 1.95 bits per heavy atom. The molecular weight excluding hydrogens is 288 g/mol. The number of rotatable bonds is 7. The maximum Gasteiger partial charge on any atom is 0.223 e. The molecule has 1 aliphatic rings. The Morgan fingerprint density at radius 3 is 2.48 bits per heavy atom. The lowest BCUT2D eigenvalue weighted by Crippen LogP contribution is -2.39. The minimum atomic E-state index is -3.33. The number of hydrogen-bond donors (Lipinski definition) is 1. The fourth-order valence-corrected chi connectivity index (χ4v) is 3.44. The molecule has 21 heavy (non-hydrogen) atoms. The average molecular weight is 310 g/mol. The van der Waals surface area contributed by atoms with E-state index in [1.165, 1.54) is 10.6 Å². The number of nitrogens with one attached hydrogen (secondary N) is 1. The molecule has 0 aliphatic heterocycles. The van der Waals surface area contributed by atoms with E-state index in [1.807, 2.05) is 37.3 Å². The van der Waals surface area contributed by atoms with Gasteiger partial charge in [0.2, 0.25) is 15.9 Å². The molecule has 1 aromatic rings. The third kappa shape index (κ3) is 4.54. The molecule has 0 heterocycles. The van der Waals surface area contributed by atoms with Gasteiger partial charge in [-0.05, 0) is 25.3 Å². The number of nitrogens with zero attached hydrogens (tertiary/aromatic N) is 1. The zero-order chi connectivity index (χ0) is 15.5. The Kier molecular flexibility index (Phi) is 5.00. The van der Waals surface area contributed by atoms with Gasteiger partial charge in [0.1, 0.15) is 0 Å². The molecule has 1 fully saturated rings. The maximum absolute atomic E-state index is 12.0. The fraction of sp³-hybridized carbons (Fsp3) is 0.533. The number of carbonyl (C=O) groups is 1. The summed E-state index contributed by atoms with van der Waals surface area (Å²) in [6.45, 7) is 2.49. The van der Waals surface area contributed by atoms with Gasteiger partial charge in [0.25, 0.3) is 0 Å². The van der Waals surface area contributed by atoms with E-state index >= 15 is 0 Å². The first-order valence-electron chi connectivity index (χ1n) is 7.19. The quantitative estimate of drug-likeness (QED) is 0.830. The van der Waals surface area contributed by atoms with Crippen LogP contribution in [-0.4, -0.2) is 38.0 Å². The highest BCUT2D eigenvalue weighted by molar-refractivity contribution is 7.88. The van der Waals surface area contributed by atoms with Crippen LogP contribution >= 0.6 is 0 Å². The maximum atomic E-state index is 12.0. The first-order valence-corrected chi connectivity index (χ1v) is 9.04. The van der Waals surface area contributed by atoms with Crippen LogP contribution in [0.5, 0.6) is 0 Å². The molecule has 1 aliphatic carbocycles. The summed E-state index contributed by atoms with van der Waals surface area (Å²) in [7, 11) is -3.33. The zero-order valence-electron chi connectivity index (χ0n) is 12.5. The molecular formula is C15H22N2O3S. The highest BCUT2D eigenvalue weighted by Gasteiger charge is 2.30. The summed E-state index contributed by atoms with van der Waals surface area (Å²) in [6, 6.07) is 9.25. The van der Waals surface area contributed by atoms with Gasteiger partial charge in [-0.2, -0.15) is 4.31 Å². The van der Waals surface area contributed by atoms with Crippen molar-refractivity contribution >= 4 is 15.9 Å². The molecule has 1 aromatic carbocycles. The van der Waals surface area contributed by atoms with Gasteiger partial charge >= 0.3 is 0 Å². The van der Waals surface area contributed by atoms with E-state index in [9.17, 15) is 13.2 Å². The summed E-state index contributed by atoms with van der Waals surface area (Å²) < 4.78 is 25.4. The van der Waals surface area contributed by atoms with Gasteiger partial charge in [-0.3, -0.25) is 4.79 Å². The largest absolute Gasteiger partial charge is 0.355 e. The molecule has 1 amide bonds. The Morgan fingerprint density at radius 1 is 1.33 bits per heavy atom. The van der Waals surface area contributed by atoms with Crippen molar-refractivity contribution in [1.82, 2.24) is 9.62 Å². The SMILES string of the molecule is CC(c1ccccc1)N(CCNC(=O)C1CC1)S(C)(=O)=O. The van der Waals surface area contributed by atoms with Crippen molar-refractivity contribution in [2.75, 3.05) is 19.3 Å². The Labute approximate surface area is 126 Å². The second-order valence-corrected chi connectivity index (χ2v) is 7.46. The molecule has 0 bridgehead atoms. The molecule has 1 unspecified atom stereocenters. The third-order valence-corrected chi connectivity index (χ3v) is 5.07. The minimum Gasteiger partial charge on any atom is -0.355 e. The molecule has 0 radical (unpaired) electrons. The van der Waals surface area contributed by atoms with E-state index in [4.69, 9.17) is 0 Å². The first kappa shape index (κ1) is 16.0. The van der Waals surface area contributed by atoms with Crippen LogP contribution in [0.4, 0.5) is 0 Å². The van der Waals surface area contributed by atoms with E-state index in [0.717, 1.165) is 18.4 Å². The van der Waals surface area contributed by atoms with Crippen LogP contribution in [-0.2, 0) is 14.8 Å². The molecule has 0 saturated heterocycles. The second-order valence-electron chi connectivity index (χ2n) is 5.53. The number of hydrogen-bond acceptors (Lipinski definition) is 3. The van der Waals surface area contributed by atoms with Gasteiger partial charge in [-0.1, -0.05) is 30.3 Å². The van der Waals surface area contributed by atoms with E-state index in [0.29, 0.717) is 6.54 Å². The lowest BCUT2D eigenvalue weighted by molar-refractivity contribution is -0.122. The predicted octanol–water partition coefficient (Wildman–Crippen LogP) is 1.54. The zero-order valence-corrected chi connectivity index (χ0v) is 13.3. The van der Waals surface area contributed by atoms with Crippen molar-refractivity contribution in [2.45, 2.75) is 25.8 Å². The fourth-order valence-electron chi connectivity index (χ4n) is 2.32. The predicted molar refractivity (Wildman–Crippen MR) is 82.1 cm³/mol. The van der Waals surface area contributed by atoms with Gasteiger partial charge < -0.3 is 5.32 Å². The molecule has 1 saturated carbocycles. The molecule has 0 aromatic heterocycles. The summed E-state index contributed by atoms with van der Waals surface area (Å²) in [5, 5.41) is 2.81. The van der Waals surface area contributed by atoms with Gasteiger partial charge in [0, 0.05) is 25.0 Å². The van der Waals surface area contributed by atoms with Gasteiger partial charge in [0.15, 0.2) is 0 Å². The van der Waals surface area contributed by atoms with Crippen LogP contribution < -0.4 is 5.32 Å². The summed E-state index contributed by atoms with van der Waals surface area (Å²) >= 11 is 0. The Balaban J connectivity index is 1.99. The third-order valence-electron chi connectivity index (χ3n) is 3.72. The van der Waals surface area contributed by atoms with E-state index in [-0.39, 0.29) is 24.4 Å². The number of carbonyl (C=O) groups excluding carboxylic acids is 1.